The molecule has 1 aliphatic rings. The molecule has 1 saturated heterocycles. The number of rotatable bonds is 7. The first kappa shape index (κ1) is 19.0. The predicted octanol–water partition coefficient (Wildman–Crippen LogP) is 4.18. The second-order valence-corrected chi connectivity index (χ2v) is 12.4. The summed E-state index contributed by atoms with van der Waals surface area (Å²) in [6.07, 6.45) is 0.180. The van der Waals surface area contributed by atoms with Crippen LogP contribution in [0.15, 0.2) is 18.2 Å². The highest BCUT2D eigenvalue weighted by atomic mass is 28.4. The van der Waals surface area contributed by atoms with Crippen LogP contribution >= 0.6 is 0 Å². The van der Waals surface area contributed by atoms with Crippen LogP contribution in [0.25, 0.3) is 0 Å². The molecule has 0 bridgehead atoms. The Hall–Kier alpha value is -1.37. The van der Waals surface area contributed by atoms with Gasteiger partial charge < -0.3 is 18.6 Å². The lowest BCUT2D eigenvalue weighted by atomic mass is 10.1. The van der Waals surface area contributed by atoms with Gasteiger partial charge in [-0.2, -0.15) is 0 Å². The average Bonchev–Trinajstić information content (AvgIpc) is 3.29. The van der Waals surface area contributed by atoms with Gasteiger partial charge in [0.1, 0.15) is 11.9 Å². The van der Waals surface area contributed by atoms with Crippen molar-refractivity contribution in [3.8, 4) is 5.75 Å². The normalized spacial score (nSPS) is 17.5. The summed E-state index contributed by atoms with van der Waals surface area (Å²) in [4.78, 5) is 10.9. The number of hydrogen-bond donors (Lipinski definition) is 0. The van der Waals surface area contributed by atoms with Crippen molar-refractivity contribution in [1.29, 1.82) is 0 Å². The van der Waals surface area contributed by atoms with E-state index in [0.717, 1.165) is 17.7 Å². The van der Waals surface area contributed by atoms with Gasteiger partial charge in [0.25, 0.3) is 0 Å². The van der Waals surface area contributed by atoms with Crippen LogP contribution in [0.4, 0.5) is 0 Å². The van der Waals surface area contributed by atoms with E-state index in [9.17, 15) is 4.79 Å². The third-order valence-electron chi connectivity index (χ3n) is 4.66. The van der Waals surface area contributed by atoms with Gasteiger partial charge in [0, 0.05) is 12.5 Å². The number of hydrogen-bond acceptors (Lipinski definition) is 5. The van der Waals surface area contributed by atoms with Crippen molar-refractivity contribution in [2.45, 2.75) is 58.5 Å². The molecule has 1 fully saturated rings. The molecule has 0 aromatic heterocycles. The van der Waals surface area contributed by atoms with Crippen LogP contribution < -0.4 is 4.74 Å². The number of carbonyl (C=O) groups is 1. The van der Waals surface area contributed by atoms with Crippen LogP contribution in [0.2, 0.25) is 18.1 Å². The summed E-state index contributed by atoms with van der Waals surface area (Å²) in [5.41, 5.74) is 2.09. The molecule has 1 heterocycles. The number of ether oxygens (including phenoxy) is 3. The second kappa shape index (κ2) is 7.25. The fourth-order valence-corrected chi connectivity index (χ4v) is 2.89. The van der Waals surface area contributed by atoms with E-state index in [2.05, 4.69) is 39.9 Å². The summed E-state index contributed by atoms with van der Waals surface area (Å²) in [7, 11) is -1.86. The molecule has 0 radical (unpaired) electrons. The monoisotopic (exact) mass is 352 g/mol. The first-order chi connectivity index (χ1) is 11.1. The zero-order valence-electron chi connectivity index (χ0n) is 15.5. The third-order valence-corrected chi connectivity index (χ3v) is 9.14. The fraction of sp³-hybridized carbons (Fsp3) is 0.611. The standard InChI is InChI=1S/C18H28O5Si/c1-13(19)21-12-22-16-8-7-14(17-11-20-17)9-15(16)10-23-24(5,6)18(2,3)4/h7-9,17H,10-12H2,1-6H3. The van der Waals surface area contributed by atoms with Crippen molar-refractivity contribution in [2.24, 2.45) is 0 Å². The Morgan fingerprint density at radius 1 is 1.33 bits per heavy atom. The fourth-order valence-electron chi connectivity index (χ4n) is 1.94. The molecule has 0 saturated carbocycles. The van der Waals surface area contributed by atoms with Gasteiger partial charge in [0.2, 0.25) is 6.79 Å². The summed E-state index contributed by atoms with van der Waals surface area (Å²) in [6, 6.07) is 5.94. The zero-order chi connectivity index (χ0) is 18.0. The first-order valence-electron chi connectivity index (χ1n) is 8.25. The summed E-state index contributed by atoms with van der Waals surface area (Å²) < 4.78 is 22.2. The number of carbonyl (C=O) groups excluding carboxylic acids is 1. The highest BCUT2D eigenvalue weighted by molar-refractivity contribution is 6.74. The van der Waals surface area contributed by atoms with Gasteiger partial charge in [-0.15, -0.1) is 0 Å². The molecule has 5 nitrogen and oxygen atoms in total. The minimum Gasteiger partial charge on any atom is -0.457 e. The Labute approximate surface area is 145 Å². The van der Waals surface area contributed by atoms with Crippen molar-refractivity contribution in [3.05, 3.63) is 29.3 Å². The summed E-state index contributed by atoms with van der Waals surface area (Å²) in [5, 5.41) is 0.142. The van der Waals surface area contributed by atoms with E-state index < -0.39 is 8.32 Å². The van der Waals surface area contributed by atoms with Gasteiger partial charge in [-0.3, -0.25) is 4.79 Å². The molecule has 134 valence electrons. The lowest BCUT2D eigenvalue weighted by Crippen LogP contribution is -2.40. The van der Waals surface area contributed by atoms with Gasteiger partial charge >= 0.3 is 5.97 Å². The average molecular weight is 353 g/mol. The van der Waals surface area contributed by atoms with E-state index in [4.69, 9.17) is 18.6 Å². The highest BCUT2D eigenvalue weighted by Gasteiger charge is 2.37. The van der Waals surface area contributed by atoms with Crippen molar-refractivity contribution in [2.75, 3.05) is 13.4 Å². The van der Waals surface area contributed by atoms with Crippen LogP contribution in [0, 0.1) is 0 Å². The third kappa shape index (κ3) is 5.06. The molecule has 1 atom stereocenters. The Morgan fingerprint density at radius 2 is 2.00 bits per heavy atom. The minimum absolute atomic E-state index is 0.0955. The first-order valence-corrected chi connectivity index (χ1v) is 11.2. The summed E-state index contributed by atoms with van der Waals surface area (Å²) in [6.45, 7) is 13.6. The lowest BCUT2D eigenvalue weighted by molar-refractivity contribution is -0.147. The molecular formula is C18H28O5Si. The predicted molar refractivity (Wildman–Crippen MR) is 94.4 cm³/mol. The lowest BCUT2D eigenvalue weighted by Gasteiger charge is -2.36. The Kier molecular flexibility index (Phi) is 5.73. The molecule has 0 aliphatic carbocycles. The molecule has 0 amide bonds. The molecule has 1 aliphatic heterocycles. The van der Waals surface area contributed by atoms with Crippen LogP contribution in [-0.2, 0) is 25.3 Å². The quantitative estimate of drug-likeness (QED) is 0.319. The van der Waals surface area contributed by atoms with Crippen LogP contribution in [0.5, 0.6) is 5.75 Å². The van der Waals surface area contributed by atoms with E-state index in [-0.39, 0.29) is 23.9 Å². The topological polar surface area (TPSA) is 57.3 Å². The van der Waals surface area contributed by atoms with E-state index in [1.165, 1.54) is 6.92 Å². The van der Waals surface area contributed by atoms with Gasteiger partial charge in [-0.25, -0.2) is 0 Å². The van der Waals surface area contributed by atoms with E-state index in [0.29, 0.717) is 12.4 Å². The molecule has 0 N–H and O–H groups in total. The maximum atomic E-state index is 10.9. The van der Waals surface area contributed by atoms with Crippen LogP contribution in [0.3, 0.4) is 0 Å². The maximum Gasteiger partial charge on any atom is 0.305 e. The van der Waals surface area contributed by atoms with Crippen LogP contribution in [0.1, 0.15) is 44.9 Å². The van der Waals surface area contributed by atoms with Crippen molar-refractivity contribution >= 4 is 14.3 Å². The minimum atomic E-state index is -1.86. The molecule has 0 spiro atoms. The maximum absolute atomic E-state index is 10.9. The smallest absolute Gasteiger partial charge is 0.305 e. The largest absolute Gasteiger partial charge is 0.457 e. The number of esters is 1. The molecule has 6 heteroatoms. The zero-order valence-corrected chi connectivity index (χ0v) is 16.5. The summed E-state index contributed by atoms with van der Waals surface area (Å²) in [5.74, 6) is 0.316. The SMILES string of the molecule is CC(=O)OCOc1ccc(C2CO2)cc1CO[Si](C)(C)C(C)(C)C. The Morgan fingerprint density at radius 3 is 2.54 bits per heavy atom. The van der Waals surface area contributed by atoms with Gasteiger partial charge in [0.15, 0.2) is 8.32 Å². The van der Waals surface area contributed by atoms with Crippen molar-refractivity contribution < 1.29 is 23.4 Å². The summed E-state index contributed by atoms with van der Waals surface area (Å²) >= 11 is 0. The Bertz CT molecular complexity index is 588. The van der Waals surface area contributed by atoms with E-state index >= 15 is 0 Å². The molecule has 1 aromatic rings. The molecular weight excluding hydrogens is 324 g/mol. The molecule has 1 aromatic carbocycles. The van der Waals surface area contributed by atoms with E-state index in [1.807, 2.05) is 12.1 Å². The van der Waals surface area contributed by atoms with Gasteiger partial charge in [0.05, 0.1) is 13.2 Å². The molecule has 2 rings (SSSR count). The van der Waals surface area contributed by atoms with Crippen molar-refractivity contribution in [1.82, 2.24) is 0 Å². The molecule has 1 unspecified atom stereocenters. The number of epoxide rings is 1. The van der Waals surface area contributed by atoms with Crippen LogP contribution in [-0.4, -0.2) is 27.7 Å². The van der Waals surface area contributed by atoms with Gasteiger partial charge in [-0.05, 0) is 35.8 Å². The van der Waals surface area contributed by atoms with Crippen molar-refractivity contribution in [3.63, 3.8) is 0 Å². The van der Waals surface area contributed by atoms with E-state index in [1.54, 1.807) is 0 Å². The van der Waals surface area contributed by atoms with Gasteiger partial charge in [-0.1, -0.05) is 26.8 Å². The molecule has 24 heavy (non-hydrogen) atoms. The highest BCUT2D eigenvalue weighted by Crippen LogP contribution is 2.38. The second-order valence-electron chi connectivity index (χ2n) is 7.64. The number of benzene rings is 1. The Balaban J connectivity index is 2.11.